The van der Waals surface area contributed by atoms with E-state index in [0.29, 0.717) is 0 Å². The zero-order valence-electron chi connectivity index (χ0n) is 13.6. The molecular formula is C17H25BrN2O2. The molecule has 0 spiro atoms. The first kappa shape index (κ1) is 17.3. The van der Waals surface area contributed by atoms with E-state index in [1.165, 1.54) is 5.56 Å². The van der Waals surface area contributed by atoms with Gasteiger partial charge in [0.25, 0.3) is 0 Å². The van der Waals surface area contributed by atoms with Crippen molar-refractivity contribution in [2.45, 2.75) is 51.8 Å². The third-order valence-electron chi connectivity index (χ3n) is 3.60. The van der Waals surface area contributed by atoms with E-state index in [1.807, 2.05) is 37.8 Å². The number of nitrogens with zero attached hydrogens (tertiary/aromatic N) is 1. The molecule has 1 fully saturated rings. The van der Waals surface area contributed by atoms with E-state index < -0.39 is 5.60 Å². The zero-order chi connectivity index (χ0) is 16.2. The molecule has 122 valence electrons. The minimum atomic E-state index is -0.437. The molecule has 1 aromatic carbocycles. The minimum absolute atomic E-state index is 0.195. The number of likely N-dealkylation sites (tertiary alicyclic amines) is 1. The fourth-order valence-corrected chi connectivity index (χ4v) is 3.09. The molecule has 1 atom stereocenters. The SMILES string of the molecule is CC(C)(C)OC(=O)N1CCC[C@H]1CNCc1cccc(Br)c1. The van der Waals surface area contributed by atoms with Gasteiger partial charge < -0.3 is 15.0 Å². The van der Waals surface area contributed by atoms with E-state index in [1.54, 1.807) is 0 Å². The Bertz CT molecular complexity index is 514. The van der Waals surface area contributed by atoms with Crippen LogP contribution in [0.1, 0.15) is 39.2 Å². The number of ether oxygens (including phenoxy) is 1. The molecule has 1 N–H and O–H groups in total. The van der Waals surface area contributed by atoms with Crippen LogP contribution >= 0.6 is 15.9 Å². The Morgan fingerprint density at radius 2 is 2.23 bits per heavy atom. The molecule has 1 aromatic rings. The second kappa shape index (κ2) is 7.47. The number of rotatable bonds is 4. The molecule has 1 heterocycles. The number of amides is 1. The fourth-order valence-electron chi connectivity index (χ4n) is 2.64. The first-order valence-electron chi connectivity index (χ1n) is 7.80. The maximum Gasteiger partial charge on any atom is 0.410 e. The fraction of sp³-hybridized carbons (Fsp3) is 0.588. The van der Waals surface area contributed by atoms with Gasteiger partial charge in [0.05, 0.1) is 0 Å². The van der Waals surface area contributed by atoms with Gasteiger partial charge in [0.2, 0.25) is 0 Å². The molecule has 0 unspecified atom stereocenters. The summed E-state index contributed by atoms with van der Waals surface area (Å²) in [7, 11) is 0. The van der Waals surface area contributed by atoms with Crippen LogP contribution in [-0.2, 0) is 11.3 Å². The Kier molecular flexibility index (Phi) is 5.87. The maximum absolute atomic E-state index is 12.2. The molecular weight excluding hydrogens is 344 g/mol. The standard InChI is InChI=1S/C17H25BrN2O2/c1-17(2,3)22-16(21)20-9-5-8-15(20)12-19-11-13-6-4-7-14(18)10-13/h4,6-7,10,15,19H,5,8-9,11-12H2,1-3H3/t15-/m0/s1. The number of halogens is 1. The molecule has 1 aliphatic rings. The van der Waals surface area contributed by atoms with E-state index in [4.69, 9.17) is 4.74 Å². The third kappa shape index (κ3) is 5.29. The number of carbonyl (C=O) groups is 1. The molecule has 1 aliphatic heterocycles. The Hall–Kier alpha value is -1.07. The third-order valence-corrected chi connectivity index (χ3v) is 4.10. The van der Waals surface area contributed by atoms with Gasteiger partial charge in [-0.05, 0) is 51.3 Å². The van der Waals surface area contributed by atoms with Crippen LogP contribution in [0.4, 0.5) is 4.79 Å². The molecule has 2 rings (SSSR count). The minimum Gasteiger partial charge on any atom is -0.444 e. The van der Waals surface area contributed by atoms with Crippen molar-refractivity contribution in [2.75, 3.05) is 13.1 Å². The van der Waals surface area contributed by atoms with Gasteiger partial charge in [-0.1, -0.05) is 28.1 Å². The summed E-state index contributed by atoms with van der Waals surface area (Å²) in [4.78, 5) is 14.1. The van der Waals surface area contributed by atoms with Crippen molar-refractivity contribution >= 4 is 22.0 Å². The molecule has 0 bridgehead atoms. The number of nitrogens with one attached hydrogen (secondary N) is 1. The van der Waals surface area contributed by atoms with E-state index in [9.17, 15) is 4.79 Å². The Balaban J connectivity index is 1.82. The van der Waals surface area contributed by atoms with E-state index in [-0.39, 0.29) is 12.1 Å². The monoisotopic (exact) mass is 368 g/mol. The van der Waals surface area contributed by atoms with Crippen LogP contribution in [0.5, 0.6) is 0 Å². The molecule has 4 nitrogen and oxygen atoms in total. The van der Waals surface area contributed by atoms with Crippen LogP contribution in [0.15, 0.2) is 28.7 Å². The summed E-state index contributed by atoms with van der Waals surface area (Å²) in [6.45, 7) is 8.10. The molecule has 0 saturated carbocycles. The Morgan fingerprint density at radius 3 is 2.91 bits per heavy atom. The number of hydrogen-bond donors (Lipinski definition) is 1. The van der Waals surface area contributed by atoms with Gasteiger partial charge >= 0.3 is 6.09 Å². The zero-order valence-corrected chi connectivity index (χ0v) is 15.1. The Morgan fingerprint density at radius 1 is 1.45 bits per heavy atom. The molecule has 0 radical (unpaired) electrons. The highest BCUT2D eigenvalue weighted by Gasteiger charge is 2.31. The largest absolute Gasteiger partial charge is 0.444 e. The van der Waals surface area contributed by atoms with Crippen LogP contribution in [0.2, 0.25) is 0 Å². The van der Waals surface area contributed by atoms with Crippen LogP contribution < -0.4 is 5.32 Å². The molecule has 5 heteroatoms. The smallest absolute Gasteiger partial charge is 0.410 e. The quantitative estimate of drug-likeness (QED) is 0.874. The predicted molar refractivity (Wildman–Crippen MR) is 91.8 cm³/mol. The van der Waals surface area contributed by atoms with Crippen molar-refractivity contribution in [1.82, 2.24) is 10.2 Å². The lowest BCUT2D eigenvalue weighted by Gasteiger charge is -2.28. The summed E-state index contributed by atoms with van der Waals surface area (Å²) in [5.41, 5.74) is 0.796. The highest BCUT2D eigenvalue weighted by atomic mass is 79.9. The number of benzene rings is 1. The summed E-state index contributed by atoms with van der Waals surface area (Å²) in [6.07, 6.45) is 1.88. The number of hydrogen-bond acceptors (Lipinski definition) is 3. The van der Waals surface area contributed by atoms with Gasteiger partial charge in [-0.15, -0.1) is 0 Å². The molecule has 1 amide bonds. The summed E-state index contributed by atoms with van der Waals surface area (Å²) in [5.74, 6) is 0. The lowest BCUT2D eigenvalue weighted by atomic mass is 10.2. The molecule has 0 aromatic heterocycles. The van der Waals surface area contributed by atoms with Gasteiger partial charge in [-0.2, -0.15) is 0 Å². The summed E-state index contributed by atoms with van der Waals surface area (Å²) < 4.78 is 6.57. The summed E-state index contributed by atoms with van der Waals surface area (Å²) >= 11 is 3.48. The van der Waals surface area contributed by atoms with Crippen LogP contribution in [0, 0.1) is 0 Å². The molecule has 1 saturated heterocycles. The first-order valence-corrected chi connectivity index (χ1v) is 8.59. The summed E-state index contributed by atoms with van der Waals surface area (Å²) in [5, 5.41) is 3.45. The van der Waals surface area contributed by atoms with Crippen LogP contribution in [-0.4, -0.2) is 35.7 Å². The molecule has 0 aliphatic carbocycles. The van der Waals surface area contributed by atoms with Crippen molar-refractivity contribution in [3.05, 3.63) is 34.3 Å². The topological polar surface area (TPSA) is 41.6 Å². The van der Waals surface area contributed by atoms with Gasteiger partial charge in [-0.25, -0.2) is 4.79 Å². The van der Waals surface area contributed by atoms with Crippen LogP contribution in [0.3, 0.4) is 0 Å². The lowest BCUT2D eigenvalue weighted by Crippen LogP contribution is -2.44. The predicted octanol–water partition coefficient (Wildman–Crippen LogP) is 3.94. The van der Waals surface area contributed by atoms with Crippen molar-refractivity contribution in [3.8, 4) is 0 Å². The first-order chi connectivity index (χ1) is 10.3. The normalized spacial score (nSPS) is 18.5. The van der Waals surface area contributed by atoms with E-state index in [2.05, 4.69) is 33.4 Å². The van der Waals surface area contributed by atoms with Gasteiger partial charge in [0.15, 0.2) is 0 Å². The van der Waals surface area contributed by atoms with Gasteiger partial charge in [-0.3, -0.25) is 0 Å². The van der Waals surface area contributed by atoms with Crippen LogP contribution in [0.25, 0.3) is 0 Å². The Labute approximate surface area is 141 Å². The average molecular weight is 369 g/mol. The second-order valence-corrected chi connectivity index (χ2v) is 7.65. The van der Waals surface area contributed by atoms with Crippen molar-refractivity contribution in [2.24, 2.45) is 0 Å². The van der Waals surface area contributed by atoms with Crippen molar-refractivity contribution < 1.29 is 9.53 Å². The second-order valence-electron chi connectivity index (χ2n) is 6.73. The van der Waals surface area contributed by atoms with E-state index in [0.717, 1.165) is 36.9 Å². The van der Waals surface area contributed by atoms with Gasteiger partial charge in [0, 0.05) is 30.1 Å². The number of carbonyl (C=O) groups excluding carboxylic acids is 1. The van der Waals surface area contributed by atoms with E-state index >= 15 is 0 Å². The summed E-state index contributed by atoms with van der Waals surface area (Å²) in [6, 6.07) is 8.47. The average Bonchev–Trinajstić information content (AvgIpc) is 2.85. The maximum atomic E-state index is 12.2. The van der Waals surface area contributed by atoms with Crippen molar-refractivity contribution in [1.29, 1.82) is 0 Å². The van der Waals surface area contributed by atoms with Crippen molar-refractivity contribution in [3.63, 3.8) is 0 Å². The van der Waals surface area contributed by atoms with Gasteiger partial charge in [0.1, 0.15) is 5.60 Å². The highest BCUT2D eigenvalue weighted by molar-refractivity contribution is 9.10. The molecule has 22 heavy (non-hydrogen) atoms. The highest BCUT2D eigenvalue weighted by Crippen LogP contribution is 2.20. The lowest BCUT2D eigenvalue weighted by molar-refractivity contribution is 0.0226.